The largest absolute Gasteiger partial charge is 0.481 e. The summed E-state index contributed by atoms with van der Waals surface area (Å²) in [5.41, 5.74) is 0.152. The molecule has 1 saturated heterocycles. The van der Waals surface area contributed by atoms with Crippen LogP contribution in [0.2, 0.25) is 0 Å². The van der Waals surface area contributed by atoms with E-state index in [0.717, 1.165) is 5.56 Å². The molecule has 26 heavy (non-hydrogen) atoms. The number of pyridine rings is 1. The van der Waals surface area contributed by atoms with Crippen LogP contribution in [0, 0.1) is 5.41 Å². The van der Waals surface area contributed by atoms with Gasteiger partial charge in [0.05, 0.1) is 6.10 Å². The first-order chi connectivity index (χ1) is 12.4. The maximum absolute atomic E-state index is 12.3. The summed E-state index contributed by atoms with van der Waals surface area (Å²) in [6, 6.07) is 13.0. The Bertz CT molecular complexity index is 833. The monoisotopic (exact) mass is 356 g/mol. The first kappa shape index (κ1) is 18.4. The van der Waals surface area contributed by atoms with Gasteiger partial charge in [0, 0.05) is 38.4 Å². The van der Waals surface area contributed by atoms with Crippen LogP contribution in [0.1, 0.15) is 17.5 Å². The van der Waals surface area contributed by atoms with Gasteiger partial charge < -0.3 is 14.8 Å². The predicted molar refractivity (Wildman–Crippen MR) is 97.8 cm³/mol. The van der Waals surface area contributed by atoms with Crippen molar-refractivity contribution in [2.45, 2.75) is 25.5 Å². The number of carboxylic acid groups (broad SMARTS) is 1. The molecule has 2 heterocycles. The number of aliphatic hydroxyl groups is 1. The minimum atomic E-state index is -1.28. The molecular formula is C20H24N2O4. The number of nitrogens with zero attached hydrogens (tertiary/aromatic N) is 2. The molecule has 0 radical (unpaired) electrons. The van der Waals surface area contributed by atoms with Crippen LogP contribution in [0.25, 0.3) is 0 Å². The number of carbonyl (C=O) groups is 1. The molecule has 0 saturated carbocycles. The van der Waals surface area contributed by atoms with Gasteiger partial charge in [0.15, 0.2) is 0 Å². The Morgan fingerprint density at radius 3 is 2.65 bits per heavy atom. The molecule has 2 N–H and O–H groups in total. The molecule has 0 aliphatic carbocycles. The van der Waals surface area contributed by atoms with E-state index in [-0.39, 0.29) is 18.5 Å². The first-order valence-corrected chi connectivity index (χ1v) is 8.74. The van der Waals surface area contributed by atoms with E-state index in [9.17, 15) is 19.8 Å². The van der Waals surface area contributed by atoms with Crippen molar-refractivity contribution in [2.75, 3.05) is 13.1 Å². The normalized spacial score (nSPS) is 23.7. The lowest BCUT2D eigenvalue weighted by Gasteiger charge is -2.43. The molecule has 0 bridgehead atoms. The van der Waals surface area contributed by atoms with Crippen LogP contribution in [0.4, 0.5) is 0 Å². The molecule has 138 valence electrons. The number of likely N-dealkylation sites (tertiary alicyclic amines) is 1. The predicted octanol–water partition coefficient (Wildman–Crippen LogP) is 1.27. The SMILES string of the molecule is Cn1cccc(CN2CC[C@@H](O)[C@](Cc3ccccc3)(C(=O)O)C2)c1=O. The minimum absolute atomic E-state index is 0.0809. The maximum Gasteiger partial charge on any atom is 0.313 e. The molecule has 2 aromatic rings. The van der Waals surface area contributed by atoms with Gasteiger partial charge >= 0.3 is 5.97 Å². The van der Waals surface area contributed by atoms with Crippen molar-refractivity contribution in [3.63, 3.8) is 0 Å². The van der Waals surface area contributed by atoms with E-state index in [1.165, 1.54) is 4.57 Å². The highest BCUT2D eigenvalue weighted by molar-refractivity contribution is 5.76. The number of rotatable bonds is 5. The number of aryl methyl sites for hydroxylation is 1. The van der Waals surface area contributed by atoms with Crippen LogP contribution in [0.15, 0.2) is 53.5 Å². The van der Waals surface area contributed by atoms with Gasteiger partial charge in [0.1, 0.15) is 5.41 Å². The number of hydrogen-bond acceptors (Lipinski definition) is 4. The summed E-state index contributed by atoms with van der Waals surface area (Å²) in [6.07, 6.45) is 1.40. The summed E-state index contributed by atoms with van der Waals surface area (Å²) >= 11 is 0. The Morgan fingerprint density at radius 2 is 1.96 bits per heavy atom. The molecule has 0 spiro atoms. The Balaban J connectivity index is 1.86. The molecule has 1 aliphatic rings. The molecule has 6 nitrogen and oxygen atoms in total. The van der Waals surface area contributed by atoms with Gasteiger partial charge in [-0.05, 0) is 24.5 Å². The van der Waals surface area contributed by atoms with Gasteiger partial charge in [-0.3, -0.25) is 14.5 Å². The number of aliphatic carboxylic acids is 1. The second-order valence-electron chi connectivity index (χ2n) is 7.09. The van der Waals surface area contributed by atoms with E-state index in [1.807, 2.05) is 41.3 Å². The van der Waals surface area contributed by atoms with Gasteiger partial charge in [-0.1, -0.05) is 36.4 Å². The van der Waals surface area contributed by atoms with E-state index in [0.29, 0.717) is 25.1 Å². The zero-order valence-corrected chi connectivity index (χ0v) is 14.8. The molecule has 6 heteroatoms. The second-order valence-corrected chi connectivity index (χ2v) is 7.09. The van der Waals surface area contributed by atoms with E-state index >= 15 is 0 Å². The molecule has 2 atom stereocenters. The average Bonchev–Trinajstić information content (AvgIpc) is 2.62. The molecule has 0 unspecified atom stereocenters. The van der Waals surface area contributed by atoms with Crippen molar-refractivity contribution in [1.82, 2.24) is 9.47 Å². The van der Waals surface area contributed by atoms with Gasteiger partial charge in [0.25, 0.3) is 5.56 Å². The van der Waals surface area contributed by atoms with Crippen molar-refractivity contribution >= 4 is 5.97 Å². The minimum Gasteiger partial charge on any atom is -0.481 e. The third-order valence-corrected chi connectivity index (χ3v) is 5.25. The van der Waals surface area contributed by atoms with Crippen LogP contribution in [-0.4, -0.2) is 44.8 Å². The number of benzene rings is 1. The van der Waals surface area contributed by atoms with E-state index in [4.69, 9.17) is 0 Å². The quantitative estimate of drug-likeness (QED) is 0.843. The van der Waals surface area contributed by atoms with Crippen LogP contribution in [-0.2, 0) is 24.8 Å². The molecule has 0 amide bonds. The van der Waals surface area contributed by atoms with Crippen molar-refractivity contribution in [1.29, 1.82) is 0 Å². The maximum atomic E-state index is 12.3. The van der Waals surface area contributed by atoms with Gasteiger partial charge in [-0.15, -0.1) is 0 Å². The van der Waals surface area contributed by atoms with Crippen molar-refractivity contribution < 1.29 is 15.0 Å². The highest BCUT2D eigenvalue weighted by Gasteiger charge is 2.49. The Hall–Kier alpha value is -2.44. The topological polar surface area (TPSA) is 82.8 Å². The highest BCUT2D eigenvalue weighted by atomic mass is 16.4. The lowest BCUT2D eigenvalue weighted by Crippen LogP contribution is -2.57. The van der Waals surface area contributed by atoms with Gasteiger partial charge in [-0.25, -0.2) is 0 Å². The van der Waals surface area contributed by atoms with Crippen molar-refractivity contribution in [3.05, 3.63) is 70.1 Å². The summed E-state index contributed by atoms with van der Waals surface area (Å²) in [4.78, 5) is 26.4. The zero-order chi connectivity index (χ0) is 18.7. The van der Waals surface area contributed by atoms with Crippen LogP contribution in [0.5, 0.6) is 0 Å². The summed E-state index contributed by atoms with van der Waals surface area (Å²) < 4.78 is 1.52. The van der Waals surface area contributed by atoms with Crippen molar-refractivity contribution in [3.8, 4) is 0 Å². The molecule has 1 aromatic carbocycles. The van der Waals surface area contributed by atoms with E-state index < -0.39 is 17.5 Å². The number of carboxylic acids is 1. The summed E-state index contributed by atoms with van der Waals surface area (Å²) in [6.45, 7) is 1.14. The second kappa shape index (κ2) is 7.43. The fourth-order valence-corrected chi connectivity index (χ4v) is 3.73. The Labute approximate surface area is 152 Å². The van der Waals surface area contributed by atoms with Crippen LogP contribution < -0.4 is 5.56 Å². The van der Waals surface area contributed by atoms with Gasteiger partial charge in [0.2, 0.25) is 0 Å². The summed E-state index contributed by atoms with van der Waals surface area (Å²) in [5, 5.41) is 20.5. The fourth-order valence-electron chi connectivity index (χ4n) is 3.73. The van der Waals surface area contributed by atoms with Crippen LogP contribution >= 0.6 is 0 Å². The summed E-state index contributed by atoms with van der Waals surface area (Å²) in [7, 11) is 1.70. The fraction of sp³-hybridized carbons (Fsp3) is 0.400. The molecular weight excluding hydrogens is 332 g/mol. The number of hydrogen-bond donors (Lipinski definition) is 2. The van der Waals surface area contributed by atoms with Crippen molar-refractivity contribution in [2.24, 2.45) is 12.5 Å². The standard InChI is InChI=1S/C20H24N2O4/c1-21-10-5-8-16(18(21)24)13-22-11-9-17(23)20(14-22,19(25)26)12-15-6-3-2-4-7-15/h2-8,10,17,23H,9,11-14H2,1H3,(H,25,26)/t17-,20-/m1/s1. The molecule has 1 fully saturated rings. The van der Waals surface area contributed by atoms with E-state index in [2.05, 4.69) is 0 Å². The third kappa shape index (κ3) is 3.57. The smallest absolute Gasteiger partial charge is 0.313 e. The average molecular weight is 356 g/mol. The zero-order valence-electron chi connectivity index (χ0n) is 14.8. The number of aliphatic hydroxyl groups excluding tert-OH is 1. The molecule has 3 rings (SSSR count). The Morgan fingerprint density at radius 1 is 1.23 bits per heavy atom. The van der Waals surface area contributed by atoms with Gasteiger partial charge in [-0.2, -0.15) is 0 Å². The highest BCUT2D eigenvalue weighted by Crippen LogP contribution is 2.35. The number of aromatic nitrogens is 1. The van der Waals surface area contributed by atoms with E-state index in [1.54, 1.807) is 19.3 Å². The summed E-state index contributed by atoms with van der Waals surface area (Å²) in [5.74, 6) is -1.00. The first-order valence-electron chi connectivity index (χ1n) is 8.74. The number of piperidine rings is 1. The Kier molecular flexibility index (Phi) is 5.25. The lowest BCUT2D eigenvalue weighted by atomic mass is 9.73. The molecule has 1 aromatic heterocycles. The third-order valence-electron chi connectivity index (χ3n) is 5.25. The lowest BCUT2D eigenvalue weighted by molar-refractivity contribution is -0.163. The molecule has 1 aliphatic heterocycles. The van der Waals surface area contributed by atoms with Crippen LogP contribution in [0.3, 0.4) is 0 Å².